The minimum atomic E-state index is -0.412. The van der Waals surface area contributed by atoms with Crippen molar-refractivity contribution in [3.05, 3.63) is 27.7 Å². The van der Waals surface area contributed by atoms with Crippen molar-refractivity contribution in [1.29, 1.82) is 10.5 Å². The van der Waals surface area contributed by atoms with Crippen molar-refractivity contribution >= 4 is 5.69 Å². The molecule has 0 saturated carbocycles. The highest BCUT2D eigenvalue weighted by molar-refractivity contribution is 5.62. The number of hydrogen-bond donors (Lipinski definition) is 1. The van der Waals surface area contributed by atoms with Gasteiger partial charge in [-0.15, -0.1) is 0 Å². The van der Waals surface area contributed by atoms with Gasteiger partial charge in [-0.2, -0.15) is 10.5 Å². The van der Waals surface area contributed by atoms with E-state index in [-0.39, 0.29) is 16.8 Å². The summed E-state index contributed by atoms with van der Waals surface area (Å²) in [6.07, 6.45) is 5.54. The molecule has 0 atom stereocenters. The number of nitrogen functional groups attached to an aromatic ring is 1. The van der Waals surface area contributed by atoms with Gasteiger partial charge < -0.3 is 10.3 Å². The third kappa shape index (κ3) is 2.89. The van der Waals surface area contributed by atoms with Gasteiger partial charge in [0.15, 0.2) is 0 Å². The monoisotopic (exact) mass is 244 g/mol. The van der Waals surface area contributed by atoms with E-state index < -0.39 is 5.56 Å². The number of nitriles is 2. The Morgan fingerprint density at radius 1 is 1.28 bits per heavy atom. The predicted octanol–water partition coefficient (Wildman–Crippen LogP) is 1.75. The van der Waals surface area contributed by atoms with Crippen LogP contribution in [0.3, 0.4) is 0 Å². The summed E-state index contributed by atoms with van der Waals surface area (Å²) in [7, 11) is 0. The number of aryl methyl sites for hydroxylation is 1. The van der Waals surface area contributed by atoms with Crippen molar-refractivity contribution < 1.29 is 0 Å². The molecule has 0 saturated heterocycles. The van der Waals surface area contributed by atoms with Gasteiger partial charge in [-0.1, -0.05) is 26.2 Å². The van der Waals surface area contributed by atoms with E-state index in [1.807, 2.05) is 6.07 Å². The fraction of sp³-hybridized carbons (Fsp3) is 0.462. The summed E-state index contributed by atoms with van der Waals surface area (Å²) in [5.74, 6) is 0. The van der Waals surface area contributed by atoms with Crippen LogP contribution in [0.4, 0.5) is 5.69 Å². The van der Waals surface area contributed by atoms with Gasteiger partial charge in [0.05, 0.1) is 11.3 Å². The molecule has 0 aliphatic rings. The third-order valence-corrected chi connectivity index (χ3v) is 2.80. The number of pyridine rings is 1. The van der Waals surface area contributed by atoms with Gasteiger partial charge in [0.2, 0.25) is 0 Å². The minimum Gasteiger partial charge on any atom is -0.396 e. The Hall–Kier alpha value is -2.27. The minimum absolute atomic E-state index is 0.0187. The van der Waals surface area contributed by atoms with Crippen LogP contribution in [0.5, 0.6) is 0 Å². The van der Waals surface area contributed by atoms with Gasteiger partial charge in [0.1, 0.15) is 17.7 Å². The molecule has 0 amide bonds. The van der Waals surface area contributed by atoms with Gasteiger partial charge >= 0.3 is 0 Å². The lowest BCUT2D eigenvalue weighted by molar-refractivity contribution is 0.569. The largest absolute Gasteiger partial charge is 0.396 e. The molecular formula is C13H16N4O. The SMILES string of the molecule is CCCCCCn1cc(C#N)c(N)c(C#N)c1=O. The van der Waals surface area contributed by atoms with Crippen LogP contribution >= 0.6 is 0 Å². The van der Waals surface area contributed by atoms with Crippen molar-refractivity contribution in [3.63, 3.8) is 0 Å². The van der Waals surface area contributed by atoms with Crippen LogP contribution in [-0.4, -0.2) is 4.57 Å². The molecular weight excluding hydrogens is 228 g/mol. The molecule has 0 radical (unpaired) electrons. The van der Waals surface area contributed by atoms with E-state index in [1.54, 1.807) is 6.07 Å². The number of rotatable bonds is 5. The molecule has 0 spiro atoms. The molecule has 0 aliphatic carbocycles. The van der Waals surface area contributed by atoms with Crippen molar-refractivity contribution in [2.45, 2.75) is 39.2 Å². The summed E-state index contributed by atoms with van der Waals surface area (Å²) in [4.78, 5) is 11.9. The molecule has 1 heterocycles. The molecule has 1 aromatic rings. The maximum atomic E-state index is 11.9. The second kappa shape index (κ2) is 6.46. The molecule has 5 heteroatoms. The average molecular weight is 244 g/mol. The lowest BCUT2D eigenvalue weighted by Crippen LogP contribution is -2.24. The van der Waals surface area contributed by atoms with Crippen LogP contribution in [0.2, 0.25) is 0 Å². The highest BCUT2D eigenvalue weighted by Crippen LogP contribution is 2.12. The number of anilines is 1. The number of unbranched alkanes of at least 4 members (excludes halogenated alkanes) is 3. The zero-order chi connectivity index (χ0) is 13.5. The van der Waals surface area contributed by atoms with E-state index in [0.29, 0.717) is 6.54 Å². The molecule has 0 bridgehead atoms. The van der Waals surface area contributed by atoms with E-state index >= 15 is 0 Å². The van der Waals surface area contributed by atoms with E-state index in [2.05, 4.69) is 6.92 Å². The summed E-state index contributed by atoms with van der Waals surface area (Å²) in [6.45, 7) is 2.62. The van der Waals surface area contributed by atoms with Crippen molar-refractivity contribution in [2.24, 2.45) is 0 Å². The van der Waals surface area contributed by atoms with Crippen molar-refractivity contribution in [1.82, 2.24) is 4.57 Å². The highest BCUT2D eigenvalue weighted by atomic mass is 16.1. The average Bonchev–Trinajstić information content (AvgIpc) is 2.37. The molecule has 0 aromatic carbocycles. The Morgan fingerprint density at radius 2 is 2.00 bits per heavy atom. The Labute approximate surface area is 106 Å². The molecule has 1 aromatic heterocycles. The van der Waals surface area contributed by atoms with E-state index in [0.717, 1.165) is 25.7 Å². The summed E-state index contributed by atoms with van der Waals surface area (Å²) < 4.78 is 1.41. The lowest BCUT2D eigenvalue weighted by atomic mass is 10.1. The van der Waals surface area contributed by atoms with E-state index in [9.17, 15) is 4.79 Å². The van der Waals surface area contributed by atoms with Gasteiger partial charge in [0, 0.05) is 12.7 Å². The van der Waals surface area contributed by atoms with Gasteiger partial charge in [-0.05, 0) is 6.42 Å². The Bertz CT molecular complexity index is 560. The van der Waals surface area contributed by atoms with Crippen LogP contribution in [-0.2, 0) is 6.54 Å². The number of aromatic nitrogens is 1. The van der Waals surface area contributed by atoms with Crippen molar-refractivity contribution in [2.75, 3.05) is 5.73 Å². The zero-order valence-electron chi connectivity index (χ0n) is 10.4. The van der Waals surface area contributed by atoms with Crippen LogP contribution in [0, 0.1) is 22.7 Å². The van der Waals surface area contributed by atoms with Crippen molar-refractivity contribution in [3.8, 4) is 12.1 Å². The highest BCUT2D eigenvalue weighted by Gasteiger charge is 2.12. The fourth-order valence-corrected chi connectivity index (χ4v) is 1.75. The van der Waals surface area contributed by atoms with Gasteiger partial charge in [-0.3, -0.25) is 4.79 Å². The lowest BCUT2D eigenvalue weighted by Gasteiger charge is -2.08. The summed E-state index contributed by atoms with van der Waals surface area (Å²) in [5, 5.41) is 17.8. The second-order valence-corrected chi connectivity index (χ2v) is 4.11. The fourth-order valence-electron chi connectivity index (χ4n) is 1.75. The van der Waals surface area contributed by atoms with E-state index in [4.69, 9.17) is 16.3 Å². The smallest absolute Gasteiger partial charge is 0.270 e. The summed E-state index contributed by atoms with van der Waals surface area (Å²) in [6, 6.07) is 3.67. The molecule has 0 aliphatic heterocycles. The third-order valence-electron chi connectivity index (χ3n) is 2.80. The number of hydrogen-bond acceptors (Lipinski definition) is 4. The molecule has 5 nitrogen and oxygen atoms in total. The standard InChI is InChI=1S/C13H16N4O/c1-2-3-4-5-6-17-9-10(7-14)12(16)11(8-15)13(17)18/h9H,2-6,16H2,1H3. The number of nitrogens with two attached hydrogens (primary N) is 1. The number of nitrogens with zero attached hydrogens (tertiary/aromatic N) is 3. The van der Waals surface area contributed by atoms with Gasteiger partial charge in [-0.25, -0.2) is 0 Å². The topological polar surface area (TPSA) is 95.6 Å². The quantitative estimate of drug-likeness (QED) is 0.798. The Balaban J connectivity index is 3.03. The maximum absolute atomic E-state index is 11.9. The van der Waals surface area contributed by atoms with Crippen LogP contribution in [0.25, 0.3) is 0 Å². The van der Waals surface area contributed by atoms with E-state index in [1.165, 1.54) is 10.8 Å². The first-order valence-corrected chi connectivity index (χ1v) is 5.98. The first kappa shape index (κ1) is 13.8. The summed E-state index contributed by atoms with van der Waals surface area (Å²) >= 11 is 0. The second-order valence-electron chi connectivity index (χ2n) is 4.11. The normalized spacial score (nSPS) is 9.72. The van der Waals surface area contributed by atoms with Crippen LogP contribution in [0.15, 0.2) is 11.0 Å². The summed E-state index contributed by atoms with van der Waals surface area (Å²) in [5.41, 5.74) is 5.21. The first-order chi connectivity index (χ1) is 8.65. The first-order valence-electron chi connectivity index (χ1n) is 5.98. The van der Waals surface area contributed by atoms with Gasteiger partial charge in [0.25, 0.3) is 5.56 Å². The predicted molar refractivity (Wildman–Crippen MR) is 68.7 cm³/mol. The van der Waals surface area contributed by atoms with Crippen LogP contribution in [0.1, 0.15) is 43.7 Å². The maximum Gasteiger partial charge on any atom is 0.270 e. The Kier molecular flexibility index (Phi) is 4.95. The molecule has 2 N–H and O–H groups in total. The molecule has 18 heavy (non-hydrogen) atoms. The molecule has 1 rings (SSSR count). The molecule has 0 unspecified atom stereocenters. The van der Waals surface area contributed by atoms with Crippen LogP contribution < -0.4 is 11.3 Å². The Morgan fingerprint density at radius 3 is 2.56 bits per heavy atom. The zero-order valence-corrected chi connectivity index (χ0v) is 10.4. The molecule has 0 fully saturated rings. The molecule has 94 valence electrons.